The highest BCUT2D eigenvalue weighted by Crippen LogP contribution is 2.44. The number of rotatable bonds is 7. The van der Waals surface area contributed by atoms with Crippen molar-refractivity contribution in [3.63, 3.8) is 0 Å². The number of carboxylic acid groups (broad SMARTS) is 1. The van der Waals surface area contributed by atoms with Gasteiger partial charge in [0.1, 0.15) is 0 Å². The largest absolute Gasteiger partial charge is 0.481 e. The normalized spacial score (nSPS) is 15.7. The molecule has 0 spiro atoms. The first kappa shape index (κ1) is 17.2. The maximum absolute atomic E-state index is 12.1. The van der Waals surface area contributed by atoms with Gasteiger partial charge in [-0.15, -0.1) is 0 Å². The number of carbonyl (C=O) groups excluding carboxylic acids is 1. The van der Waals surface area contributed by atoms with Crippen molar-refractivity contribution in [3.05, 3.63) is 27.2 Å². The van der Waals surface area contributed by atoms with Crippen LogP contribution in [0.3, 0.4) is 0 Å². The molecule has 0 radical (unpaired) electrons. The number of H-pyrrole nitrogens is 1. The van der Waals surface area contributed by atoms with E-state index in [-0.39, 0.29) is 24.4 Å². The summed E-state index contributed by atoms with van der Waals surface area (Å²) in [5, 5.41) is 18.5. The quantitative estimate of drug-likeness (QED) is 0.697. The van der Waals surface area contributed by atoms with Crippen molar-refractivity contribution in [2.75, 3.05) is 0 Å². The van der Waals surface area contributed by atoms with E-state index in [1.54, 1.807) is 0 Å². The molecule has 7 nitrogen and oxygen atoms in total. The van der Waals surface area contributed by atoms with Crippen LogP contribution in [0.4, 0.5) is 0 Å². The van der Waals surface area contributed by atoms with Crippen molar-refractivity contribution in [2.45, 2.75) is 58.9 Å². The van der Waals surface area contributed by atoms with E-state index in [4.69, 9.17) is 0 Å². The van der Waals surface area contributed by atoms with Gasteiger partial charge >= 0.3 is 5.97 Å². The molecule has 23 heavy (non-hydrogen) atoms. The third-order valence-electron chi connectivity index (χ3n) is 4.69. The third kappa shape index (κ3) is 3.43. The Hall–Kier alpha value is -2.18. The second-order valence-corrected chi connectivity index (χ2v) is 6.06. The number of nitrogens with zero attached hydrogens (tertiary/aromatic N) is 1. The average molecular weight is 321 g/mol. The van der Waals surface area contributed by atoms with E-state index < -0.39 is 11.4 Å². The summed E-state index contributed by atoms with van der Waals surface area (Å²) in [6, 6.07) is 0. The Morgan fingerprint density at radius 3 is 2.43 bits per heavy atom. The number of amides is 1. The van der Waals surface area contributed by atoms with Gasteiger partial charge in [-0.05, 0) is 31.2 Å². The number of hydrogen-bond acceptors (Lipinski definition) is 4. The summed E-state index contributed by atoms with van der Waals surface area (Å²) >= 11 is 0. The van der Waals surface area contributed by atoms with Gasteiger partial charge in [-0.25, -0.2) is 5.10 Å². The maximum Gasteiger partial charge on any atom is 0.310 e. The predicted octanol–water partition coefficient (Wildman–Crippen LogP) is 1.16. The third-order valence-corrected chi connectivity index (χ3v) is 4.69. The van der Waals surface area contributed by atoms with Crippen molar-refractivity contribution in [1.82, 2.24) is 15.5 Å². The lowest BCUT2D eigenvalue weighted by Crippen LogP contribution is -2.42. The summed E-state index contributed by atoms with van der Waals surface area (Å²) in [6.45, 7) is 3.99. The fraction of sp³-hybridized carbons (Fsp3) is 0.625. The van der Waals surface area contributed by atoms with Crippen molar-refractivity contribution in [1.29, 1.82) is 0 Å². The minimum atomic E-state index is -0.920. The van der Waals surface area contributed by atoms with Crippen LogP contribution in [0.25, 0.3) is 0 Å². The SMILES string of the molecule is CCc1n[nH]c(=O)c(CNC(=O)CC2(C(=O)O)CCC2)c1CC. The number of carboxylic acids is 1. The van der Waals surface area contributed by atoms with E-state index in [1.807, 2.05) is 13.8 Å². The van der Waals surface area contributed by atoms with Crippen LogP contribution in [0.5, 0.6) is 0 Å². The minimum Gasteiger partial charge on any atom is -0.481 e. The Balaban J connectivity index is 2.07. The van der Waals surface area contributed by atoms with Gasteiger partial charge < -0.3 is 10.4 Å². The number of aromatic amines is 1. The van der Waals surface area contributed by atoms with Gasteiger partial charge in [-0.1, -0.05) is 20.3 Å². The molecule has 2 rings (SSSR count). The minimum absolute atomic E-state index is 0.0343. The number of aliphatic carboxylic acids is 1. The molecular formula is C16H23N3O4. The Labute approximate surface area is 134 Å². The lowest BCUT2D eigenvalue weighted by molar-refractivity contribution is -0.157. The van der Waals surface area contributed by atoms with Crippen molar-refractivity contribution < 1.29 is 14.7 Å². The number of aromatic nitrogens is 2. The summed E-state index contributed by atoms with van der Waals surface area (Å²) < 4.78 is 0. The van der Waals surface area contributed by atoms with E-state index >= 15 is 0 Å². The predicted molar refractivity (Wildman–Crippen MR) is 84.0 cm³/mol. The molecule has 1 amide bonds. The first-order chi connectivity index (χ1) is 10.9. The molecule has 1 fully saturated rings. The summed E-state index contributed by atoms with van der Waals surface area (Å²) in [5.41, 5.74) is 0.948. The fourth-order valence-electron chi connectivity index (χ4n) is 3.09. The molecule has 1 saturated carbocycles. The summed E-state index contributed by atoms with van der Waals surface area (Å²) in [5.74, 6) is -1.24. The molecule has 1 heterocycles. The van der Waals surface area contributed by atoms with Crippen molar-refractivity contribution in [2.24, 2.45) is 5.41 Å². The van der Waals surface area contributed by atoms with Crippen LogP contribution in [0.15, 0.2) is 4.79 Å². The lowest BCUT2D eigenvalue weighted by atomic mass is 9.66. The van der Waals surface area contributed by atoms with Gasteiger partial charge in [0.05, 0.1) is 11.1 Å². The second kappa shape index (κ2) is 6.93. The van der Waals surface area contributed by atoms with Crippen LogP contribution in [0.2, 0.25) is 0 Å². The first-order valence-corrected chi connectivity index (χ1v) is 8.03. The van der Waals surface area contributed by atoms with Crippen LogP contribution < -0.4 is 10.9 Å². The number of nitrogens with one attached hydrogen (secondary N) is 2. The molecule has 0 unspecified atom stereocenters. The van der Waals surface area contributed by atoms with E-state index in [2.05, 4.69) is 15.5 Å². The smallest absolute Gasteiger partial charge is 0.310 e. The fourth-order valence-corrected chi connectivity index (χ4v) is 3.09. The van der Waals surface area contributed by atoms with Gasteiger partial charge in [0.25, 0.3) is 5.56 Å². The molecule has 0 aliphatic heterocycles. The highest BCUT2D eigenvalue weighted by molar-refractivity contribution is 5.85. The molecule has 0 saturated heterocycles. The number of carbonyl (C=O) groups is 2. The van der Waals surface area contributed by atoms with E-state index in [0.29, 0.717) is 31.2 Å². The van der Waals surface area contributed by atoms with Gasteiger partial charge in [-0.3, -0.25) is 14.4 Å². The highest BCUT2D eigenvalue weighted by Gasteiger charge is 2.45. The molecule has 0 bridgehead atoms. The number of aryl methyl sites for hydroxylation is 1. The second-order valence-electron chi connectivity index (χ2n) is 6.06. The van der Waals surface area contributed by atoms with Gasteiger partial charge in [0, 0.05) is 18.5 Å². The van der Waals surface area contributed by atoms with Crippen LogP contribution in [0, 0.1) is 5.41 Å². The van der Waals surface area contributed by atoms with Gasteiger partial charge in [0.15, 0.2) is 0 Å². The van der Waals surface area contributed by atoms with Crippen LogP contribution in [0.1, 0.15) is 56.4 Å². The highest BCUT2D eigenvalue weighted by atomic mass is 16.4. The van der Waals surface area contributed by atoms with Crippen LogP contribution in [-0.4, -0.2) is 27.2 Å². The summed E-state index contributed by atoms with van der Waals surface area (Å²) in [6.07, 6.45) is 3.22. The Bertz CT molecular complexity index is 662. The summed E-state index contributed by atoms with van der Waals surface area (Å²) in [7, 11) is 0. The Morgan fingerprint density at radius 1 is 1.26 bits per heavy atom. The van der Waals surface area contributed by atoms with E-state index in [1.165, 1.54) is 0 Å². The van der Waals surface area contributed by atoms with E-state index in [9.17, 15) is 19.5 Å². The maximum atomic E-state index is 12.1. The van der Waals surface area contributed by atoms with Crippen molar-refractivity contribution in [3.8, 4) is 0 Å². The molecule has 0 atom stereocenters. The molecule has 126 valence electrons. The monoisotopic (exact) mass is 321 g/mol. The molecule has 1 aromatic rings. The van der Waals surface area contributed by atoms with E-state index in [0.717, 1.165) is 17.7 Å². The lowest BCUT2D eigenvalue weighted by Gasteiger charge is -2.36. The Kier molecular flexibility index (Phi) is 5.18. The Morgan fingerprint density at radius 2 is 1.96 bits per heavy atom. The van der Waals surface area contributed by atoms with Crippen LogP contribution >= 0.6 is 0 Å². The molecule has 3 N–H and O–H groups in total. The van der Waals surface area contributed by atoms with Gasteiger partial charge in [-0.2, -0.15) is 5.10 Å². The molecule has 7 heteroatoms. The zero-order valence-electron chi connectivity index (χ0n) is 13.6. The molecule has 1 aliphatic rings. The zero-order chi connectivity index (χ0) is 17.0. The number of hydrogen-bond donors (Lipinski definition) is 3. The van der Waals surface area contributed by atoms with Gasteiger partial charge in [0.2, 0.25) is 5.91 Å². The van der Waals surface area contributed by atoms with Crippen molar-refractivity contribution >= 4 is 11.9 Å². The molecule has 1 aliphatic carbocycles. The zero-order valence-corrected chi connectivity index (χ0v) is 13.6. The molecule has 1 aromatic heterocycles. The molecule has 0 aromatic carbocycles. The van der Waals surface area contributed by atoms with Crippen LogP contribution in [-0.2, 0) is 29.0 Å². The summed E-state index contributed by atoms with van der Waals surface area (Å²) in [4.78, 5) is 35.4. The standard InChI is InChI=1S/C16H23N3O4/c1-3-10-11(14(21)19-18-12(10)4-2)9-17-13(20)8-16(15(22)23)6-5-7-16/h3-9H2,1-2H3,(H,17,20)(H,19,21)(H,22,23). The topological polar surface area (TPSA) is 112 Å². The molecular weight excluding hydrogens is 298 g/mol. The first-order valence-electron chi connectivity index (χ1n) is 8.03. The average Bonchev–Trinajstić information content (AvgIpc) is 2.48.